The number of halogens is 3. The summed E-state index contributed by atoms with van der Waals surface area (Å²) < 4.78 is 54.2. The molecule has 7 nitrogen and oxygen atoms in total. The Labute approximate surface area is 239 Å². The highest BCUT2D eigenvalue weighted by Gasteiger charge is 2.63. The summed E-state index contributed by atoms with van der Waals surface area (Å²) in [4.78, 5) is 17.1. The van der Waals surface area contributed by atoms with E-state index in [0.29, 0.717) is 17.6 Å². The van der Waals surface area contributed by atoms with Gasteiger partial charge in [0.1, 0.15) is 11.7 Å². The molecule has 3 unspecified atom stereocenters. The van der Waals surface area contributed by atoms with Crippen molar-refractivity contribution in [3.8, 4) is 0 Å². The third-order valence-corrected chi connectivity index (χ3v) is 11.1. The zero-order chi connectivity index (χ0) is 29.1. The topological polar surface area (TPSA) is 117 Å². The van der Waals surface area contributed by atoms with Crippen molar-refractivity contribution in [3.63, 3.8) is 0 Å². The van der Waals surface area contributed by atoms with E-state index < -0.39 is 56.2 Å². The summed E-state index contributed by atoms with van der Waals surface area (Å²) >= 11 is 6.29. The number of nitrogens with one attached hydrogen (secondary N) is 1. The molecule has 0 aliphatic heterocycles. The van der Waals surface area contributed by atoms with E-state index in [4.69, 9.17) is 11.6 Å². The Balaban J connectivity index is 1.21. The van der Waals surface area contributed by atoms with Gasteiger partial charge in [-0.05, 0) is 73.6 Å². The minimum absolute atomic E-state index is 0.000582. The van der Waals surface area contributed by atoms with Crippen molar-refractivity contribution in [2.24, 2.45) is 11.8 Å². The number of benzene rings is 3. The van der Waals surface area contributed by atoms with Crippen LogP contribution in [0, 0.1) is 23.5 Å². The standard InChI is InChI=1S/C30H25ClF2N2O5S/c31-22-8-5-17(29(37)34-20-7-9-23(32)24(33)15-20)11-27(22)41(39,40)21-13-18-12-19(14-21)30(18,38)28(36)26-10-6-16-3-1-2-4-25(16)35-26/h1-11,15,18-19,21,28,36,38H,12-14H2,(H,34,37). The number of pyridine rings is 1. The summed E-state index contributed by atoms with van der Waals surface area (Å²) in [6, 6.07) is 17.6. The molecule has 2 bridgehead atoms. The lowest BCUT2D eigenvalue weighted by molar-refractivity contribution is -0.234. The Hall–Kier alpha value is -3.44. The van der Waals surface area contributed by atoms with Gasteiger partial charge in [0.05, 0.1) is 26.4 Å². The van der Waals surface area contributed by atoms with Crippen LogP contribution in [0.2, 0.25) is 5.02 Å². The molecule has 3 aliphatic carbocycles. The first-order valence-corrected chi connectivity index (χ1v) is 15.0. The minimum atomic E-state index is -4.04. The molecule has 3 aromatic carbocycles. The molecule has 11 heteroatoms. The summed E-state index contributed by atoms with van der Waals surface area (Å²) in [5, 5.41) is 25.1. The van der Waals surface area contributed by atoms with Crippen molar-refractivity contribution >= 4 is 43.9 Å². The number of carbonyl (C=O) groups is 1. The van der Waals surface area contributed by atoms with Crippen LogP contribution in [0.25, 0.3) is 10.9 Å². The number of nitrogens with zero attached hydrogens (tertiary/aromatic N) is 1. The molecular formula is C30H25ClF2N2O5S. The van der Waals surface area contributed by atoms with Crippen LogP contribution in [0.5, 0.6) is 0 Å². The molecule has 0 spiro atoms. The van der Waals surface area contributed by atoms with Crippen molar-refractivity contribution in [1.29, 1.82) is 0 Å². The predicted molar refractivity (Wildman–Crippen MR) is 149 cm³/mol. The average Bonchev–Trinajstić information content (AvgIpc) is 2.98. The molecule has 0 radical (unpaired) electrons. The van der Waals surface area contributed by atoms with Crippen LogP contribution in [0.1, 0.15) is 41.4 Å². The number of anilines is 1. The molecule has 3 saturated carbocycles. The van der Waals surface area contributed by atoms with Crippen LogP contribution in [0.15, 0.2) is 77.7 Å². The number of aromatic nitrogens is 1. The van der Waals surface area contributed by atoms with Crippen molar-refractivity contribution in [1.82, 2.24) is 4.98 Å². The number of fused-ring (bicyclic) bond motifs is 3. The van der Waals surface area contributed by atoms with Gasteiger partial charge in [0.25, 0.3) is 5.91 Å². The van der Waals surface area contributed by atoms with Gasteiger partial charge < -0.3 is 15.5 Å². The number of sulfone groups is 1. The molecule has 3 atom stereocenters. The van der Waals surface area contributed by atoms with Crippen molar-refractivity contribution in [2.75, 3.05) is 5.32 Å². The Morgan fingerprint density at radius 2 is 1.71 bits per heavy atom. The van der Waals surface area contributed by atoms with Gasteiger partial charge in [0.15, 0.2) is 21.5 Å². The zero-order valence-corrected chi connectivity index (χ0v) is 23.0. The number of hydrogen-bond donors (Lipinski definition) is 3. The maximum Gasteiger partial charge on any atom is 0.255 e. The normalized spacial score (nSPS) is 24.5. The molecule has 3 aliphatic rings. The number of hydrogen-bond acceptors (Lipinski definition) is 6. The van der Waals surface area contributed by atoms with Crippen LogP contribution < -0.4 is 5.32 Å². The monoisotopic (exact) mass is 598 g/mol. The largest absolute Gasteiger partial charge is 0.386 e. The Morgan fingerprint density at radius 3 is 2.44 bits per heavy atom. The van der Waals surface area contributed by atoms with E-state index in [1.807, 2.05) is 30.3 Å². The van der Waals surface area contributed by atoms with Gasteiger partial charge in [0.2, 0.25) is 0 Å². The second kappa shape index (κ2) is 10.1. The summed E-state index contributed by atoms with van der Waals surface area (Å²) in [6.07, 6.45) is -0.521. The Morgan fingerprint density at radius 1 is 0.976 bits per heavy atom. The van der Waals surface area contributed by atoms with E-state index in [9.17, 15) is 32.2 Å². The first-order chi connectivity index (χ1) is 19.5. The SMILES string of the molecule is O=C(Nc1ccc(F)c(F)c1)c1ccc(Cl)c(S(=O)(=O)C2CC3CC(C2)C3(O)C(O)c2ccc3ccccc3n2)c1. The number of para-hydroxylation sites is 1. The molecule has 1 heterocycles. The number of carbonyl (C=O) groups excluding carboxylic acids is 1. The molecule has 1 amide bonds. The van der Waals surface area contributed by atoms with Crippen LogP contribution >= 0.6 is 11.6 Å². The molecule has 1 aromatic heterocycles. The maximum absolute atomic E-state index is 13.7. The van der Waals surface area contributed by atoms with Crippen molar-refractivity contribution < 1.29 is 32.2 Å². The number of aliphatic hydroxyl groups excluding tert-OH is 1. The fraction of sp³-hybridized carbons (Fsp3) is 0.267. The highest BCUT2D eigenvalue weighted by molar-refractivity contribution is 7.92. The third-order valence-electron chi connectivity index (χ3n) is 8.43. The second-order valence-corrected chi connectivity index (χ2v) is 13.3. The maximum atomic E-state index is 13.7. The second-order valence-electron chi connectivity index (χ2n) is 10.7. The highest BCUT2D eigenvalue weighted by atomic mass is 35.5. The lowest BCUT2D eigenvalue weighted by atomic mass is 9.51. The fourth-order valence-corrected chi connectivity index (χ4v) is 8.59. The van der Waals surface area contributed by atoms with E-state index in [0.717, 1.165) is 23.6 Å². The fourth-order valence-electron chi connectivity index (χ4n) is 6.18. The average molecular weight is 599 g/mol. The summed E-state index contributed by atoms with van der Waals surface area (Å²) in [6.45, 7) is 0. The van der Waals surface area contributed by atoms with Gasteiger partial charge in [-0.1, -0.05) is 35.9 Å². The van der Waals surface area contributed by atoms with Crippen molar-refractivity contribution in [2.45, 2.75) is 41.1 Å². The lowest BCUT2D eigenvalue weighted by Crippen LogP contribution is -2.64. The first-order valence-electron chi connectivity index (χ1n) is 13.0. The molecule has 3 fully saturated rings. The van der Waals surface area contributed by atoms with E-state index in [1.165, 1.54) is 18.2 Å². The molecule has 7 rings (SSSR count). The van der Waals surface area contributed by atoms with Gasteiger partial charge in [0, 0.05) is 22.7 Å². The minimum Gasteiger partial charge on any atom is -0.386 e. The molecular weight excluding hydrogens is 574 g/mol. The Kier molecular flexibility index (Phi) is 6.85. The van der Waals surface area contributed by atoms with Gasteiger partial charge in [-0.2, -0.15) is 0 Å². The summed E-state index contributed by atoms with van der Waals surface area (Å²) in [5.41, 5.74) is -0.546. The lowest BCUT2D eigenvalue weighted by Gasteiger charge is -2.59. The van der Waals surface area contributed by atoms with Crippen molar-refractivity contribution in [3.05, 3.63) is 101 Å². The van der Waals surface area contributed by atoms with E-state index >= 15 is 0 Å². The molecule has 212 valence electrons. The summed E-state index contributed by atoms with van der Waals surface area (Å²) in [7, 11) is -4.04. The highest BCUT2D eigenvalue weighted by Crippen LogP contribution is 2.60. The van der Waals surface area contributed by atoms with Crippen LogP contribution in [-0.4, -0.2) is 40.4 Å². The summed E-state index contributed by atoms with van der Waals surface area (Å²) in [5.74, 6) is -3.90. The van der Waals surface area contributed by atoms with E-state index in [-0.39, 0.29) is 34.0 Å². The van der Waals surface area contributed by atoms with E-state index in [1.54, 1.807) is 6.07 Å². The molecule has 41 heavy (non-hydrogen) atoms. The quantitative estimate of drug-likeness (QED) is 0.272. The van der Waals surface area contributed by atoms with E-state index in [2.05, 4.69) is 10.3 Å². The zero-order valence-electron chi connectivity index (χ0n) is 21.5. The van der Waals surface area contributed by atoms with Crippen LogP contribution in [0.4, 0.5) is 14.5 Å². The molecule has 0 saturated heterocycles. The van der Waals surface area contributed by atoms with Gasteiger partial charge in [-0.15, -0.1) is 0 Å². The van der Waals surface area contributed by atoms with Gasteiger partial charge >= 0.3 is 0 Å². The number of aliphatic hydroxyl groups is 2. The molecule has 4 aromatic rings. The van der Waals surface area contributed by atoms with Crippen LogP contribution in [0.3, 0.4) is 0 Å². The predicted octanol–water partition coefficient (Wildman–Crippen LogP) is 5.46. The van der Waals surface area contributed by atoms with Crippen LogP contribution in [-0.2, 0) is 9.84 Å². The van der Waals surface area contributed by atoms with Gasteiger partial charge in [-0.3, -0.25) is 4.79 Å². The number of rotatable bonds is 6. The molecule has 3 N–H and O–H groups in total. The Bertz CT molecular complexity index is 1790. The van der Waals surface area contributed by atoms with Gasteiger partial charge in [-0.25, -0.2) is 22.2 Å². The first kappa shape index (κ1) is 27.7. The smallest absolute Gasteiger partial charge is 0.255 e. The third kappa shape index (κ3) is 4.68. The number of amides is 1.